The molecular weight excluding hydrogens is 203 g/mol. The molecule has 0 saturated heterocycles. The summed E-state index contributed by atoms with van der Waals surface area (Å²) < 4.78 is 13.2. The molecule has 0 atom stereocenters. The fourth-order valence-corrected chi connectivity index (χ4v) is 1.31. The van der Waals surface area contributed by atoms with Crippen molar-refractivity contribution >= 4 is 24.0 Å². The summed E-state index contributed by atoms with van der Waals surface area (Å²) >= 11 is 5.47. The van der Waals surface area contributed by atoms with Gasteiger partial charge in [-0.3, -0.25) is 4.79 Å². The maximum absolute atomic E-state index is 13.2. The van der Waals surface area contributed by atoms with Gasteiger partial charge in [-0.2, -0.15) is 0 Å². The summed E-state index contributed by atoms with van der Waals surface area (Å²) in [7, 11) is 0. The van der Waals surface area contributed by atoms with E-state index in [2.05, 4.69) is 0 Å². The lowest BCUT2D eigenvalue weighted by molar-refractivity contribution is 0.111. The van der Waals surface area contributed by atoms with Gasteiger partial charge in [0.05, 0.1) is 5.56 Å². The number of hydrogen-bond donors (Lipinski definition) is 0. The van der Waals surface area contributed by atoms with Gasteiger partial charge in [0.2, 0.25) is 0 Å². The first-order chi connectivity index (χ1) is 6.70. The van der Waals surface area contributed by atoms with Crippen LogP contribution in [-0.2, 0) is 0 Å². The van der Waals surface area contributed by atoms with Crippen molar-refractivity contribution in [3.05, 3.63) is 40.7 Å². The Balaban J connectivity index is 3.29. The second-order valence-corrected chi connectivity index (χ2v) is 3.17. The number of rotatable bonds is 3. The summed E-state index contributed by atoms with van der Waals surface area (Å²) in [6, 6.07) is 2.92. The van der Waals surface area contributed by atoms with Crippen LogP contribution >= 0.6 is 11.6 Å². The van der Waals surface area contributed by atoms with Crippen LogP contribution in [0, 0.1) is 12.7 Å². The number of carbonyl (C=O) groups is 1. The Bertz CT molecular complexity index is 372. The molecule has 0 spiro atoms. The molecule has 1 nitrogen and oxygen atoms in total. The molecule has 0 radical (unpaired) electrons. The van der Waals surface area contributed by atoms with E-state index < -0.39 is 5.82 Å². The van der Waals surface area contributed by atoms with Crippen LogP contribution in [-0.4, -0.2) is 12.2 Å². The predicted octanol–water partition coefficient (Wildman–Crippen LogP) is 3.20. The molecule has 1 aromatic rings. The highest BCUT2D eigenvalue weighted by Crippen LogP contribution is 2.17. The van der Waals surface area contributed by atoms with Gasteiger partial charge in [-0.15, -0.1) is 11.6 Å². The zero-order valence-electron chi connectivity index (χ0n) is 7.76. The van der Waals surface area contributed by atoms with Crippen molar-refractivity contribution in [1.82, 2.24) is 0 Å². The number of carbonyl (C=O) groups excluding carboxylic acids is 1. The van der Waals surface area contributed by atoms with Crippen LogP contribution in [0.2, 0.25) is 0 Å². The van der Waals surface area contributed by atoms with Crippen molar-refractivity contribution in [2.24, 2.45) is 0 Å². The van der Waals surface area contributed by atoms with E-state index in [0.29, 0.717) is 17.7 Å². The Labute approximate surface area is 87.2 Å². The lowest BCUT2D eigenvalue weighted by atomic mass is 10.0. The zero-order chi connectivity index (χ0) is 10.6. The summed E-state index contributed by atoms with van der Waals surface area (Å²) in [6.07, 6.45) is 3.86. The monoisotopic (exact) mass is 212 g/mol. The maximum Gasteiger partial charge on any atom is 0.153 e. The molecule has 1 aromatic carbocycles. The Morgan fingerprint density at radius 1 is 1.43 bits per heavy atom. The van der Waals surface area contributed by atoms with Gasteiger partial charge in [-0.25, -0.2) is 4.39 Å². The van der Waals surface area contributed by atoms with E-state index in [4.69, 9.17) is 11.6 Å². The molecule has 0 fully saturated rings. The molecule has 0 saturated carbocycles. The molecular formula is C11H10ClFO. The van der Waals surface area contributed by atoms with Gasteiger partial charge >= 0.3 is 0 Å². The molecule has 0 heterocycles. The molecule has 0 aliphatic rings. The number of alkyl halides is 1. The molecule has 0 unspecified atom stereocenters. The highest BCUT2D eigenvalue weighted by Gasteiger charge is 2.07. The third-order valence-corrected chi connectivity index (χ3v) is 2.12. The van der Waals surface area contributed by atoms with Crippen molar-refractivity contribution in [3.63, 3.8) is 0 Å². The number of hydrogen-bond acceptors (Lipinski definition) is 1. The van der Waals surface area contributed by atoms with Crippen LogP contribution in [0.25, 0.3) is 6.08 Å². The largest absolute Gasteiger partial charge is 0.298 e. The van der Waals surface area contributed by atoms with Gasteiger partial charge in [0.15, 0.2) is 6.29 Å². The highest BCUT2D eigenvalue weighted by atomic mass is 35.5. The smallest absolute Gasteiger partial charge is 0.153 e. The maximum atomic E-state index is 13.2. The second-order valence-electron chi connectivity index (χ2n) is 2.87. The second kappa shape index (κ2) is 4.91. The van der Waals surface area contributed by atoms with E-state index >= 15 is 0 Å². The van der Waals surface area contributed by atoms with E-state index in [-0.39, 0.29) is 5.56 Å². The lowest BCUT2D eigenvalue weighted by Gasteiger charge is -2.04. The Morgan fingerprint density at radius 3 is 2.71 bits per heavy atom. The van der Waals surface area contributed by atoms with Gasteiger partial charge in [0.1, 0.15) is 5.82 Å². The highest BCUT2D eigenvalue weighted by molar-refractivity contribution is 6.19. The van der Waals surface area contributed by atoms with E-state index in [1.807, 2.05) is 6.92 Å². The lowest BCUT2D eigenvalue weighted by Crippen LogP contribution is -1.95. The Morgan fingerprint density at radius 2 is 2.14 bits per heavy atom. The average Bonchev–Trinajstić information content (AvgIpc) is 2.19. The normalized spacial score (nSPS) is 10.8. The van der Waals surface area contributed by atoms with Crippen LogP contribution in [0.5, 0.6) is 0 Å². The molecule has 0 bridgehead atoms. The Hall–Kier alpha value is -1.15. The van der Waals surface area contributed by atoms with E-state index in [1.165, 1.54) is 6.07 Å². The molecule has 74 valence electrons. The van der Waals surface area contributed by atoms with Gasteiger partial charge < -0.3 is 0 Å². The van der Waals surface area contributed by atoms with E-state index in [1.54, 1.807) is 18.2 Å². The minimum atomic E-state index is -0.500. The van der Waals surface area contributed by atoms with Gasteiger partial charge in [0.25, 0.3) is 0 Å². The fourth-order valence-electron chi connectivity index (χ4n) is 1.22. The molecule has 0 amide bonds. The Kier molecular flexibility index (Phi) is 3.84. The van der Waals surface area contributed by atoms with Crippen molar-refractivity contribution in [2.75, 3.05) is 5.88 Å². The first-order valence-corrected chi connectivity index (χ1v) is 4.71. The van der Waals surface area contributed by atoms with Crippen molar-refractivity contribution in [2.45, 2.75) is 6.92 Å². The van der Waals surface area contributed by atoms with E-state index in [0.717, 1.165) is 5.56 Å². The number of benzene rings is 1. The molecule has 1 rings (SSSR count). The van der Waals surface area contributed by atoms with Crippen molar-refractivity contribution < 1.29 is 9.18 Å². The topological polar surface area (TPSA) is 17.1 Å². The minimum Gasteiger partial charge on any atom is -0.298 e. The first kappa shape index (κ1) is 10.9. The molecule has 0 aliphatic carbocycles. The van der Waals surface area contributed by atoms with E-state index in [9.17, 15) is 9.18 Å². The van der Waals surface area contributed by atoms with Crippen LogP contribution in [0.1, 0.15) is 21.5 Å². The summed E-state index contributed by atoms with van der Waals surface area (Å²) in [4.78, 5) is 10.7. The number of aldehydes is 1. The van der Waals surface area contributed by atoms with Crippen molar-refractivity contribution in [1.29, 1.82) is 0 Å². The molecule has 0 N–H and O–H groups in total. The van der Waals surface area contributed by atoms with Crippen LogP contribution in [0.4, 0.5) is 4.39 Å². The SMILES string of the molecule is Cc1ccc(F)c(C=O)c1C=CCCl. The first-order valence-electron chi connectivity index (χ1n) is 4.17. The number of allylic oxidation sites excluding steroid dienone is 1. The summed E-state index contributed by atoms with van der Waals surface area (Å²) in [5, 5.41) is 0. The van der Waals surface area contributed by atoms with Crippen LogP contribution < -0.4 is 0 Å². The third kappa shape index (κ3) is 2.20. The number of halogens is 2. The van der Waals surface area contributed by atoms with Gasteiger partial charge in [0, 0.05) is 5.88 Å². The molecule has 0 aliphatic heterocycles. The van der Waals surface area contributed by atoms with Crippen LogP contribution in [0.15, 0.2) is 18.2 Å². The van der Waals surface area contributed by atoms with Gasteiger partial charge in [-0.05, 0) is 24.1 Å². The third-order valence-electron chi connectivity index (χ3n) is 1.94. The predicted molar refractivity (Wildman–Crippen MR) is 56.3 cm³/mol. The molecule has 0 aromatic heterocycles. The van der Waals surface area contributed by atoms with Crippen molar-refractivity contribution in [3.8, 4) is 0 Å². The van der Waals surface area contributed by atoms with Gasteiger partial charge in [-0.1, -0.05) is 18.2 Å². The zero-order valence-corrected chi connectivity index (χ0v) is 8.51. The summed E-state index contributed by atoms with van der Waals surface area (Å²) in [5.41, 5.74) is 1.54. The standard InChI is InChI=1S/C11H10ClFO/c1-8-4-5-11(13)10(7-14)9(8)3-2-6-12/h2-5,7H,6H2,1H3. The molecule has 14 heavy (non-hydrogen) atoms. The quantitative estimate of drug-likeness (QED) is 0.556. The minimum absolute atomic E-state index is 0.0892. The average molecular weight is 213 g/mol. The fraction of sp³-hybridized carbons (Fsp3) is 0.182. The summed E-state index contributed by atoms with van der Waals surface area (Å²) in [6.45, 7) is 1.82. The molecule has 3 heteroatoms. The summed E-state index contributed by atoms with van der Waals surface area (Å²) in [5.74, 6) is -0.159. The van der Waals surface area contributed by atoms with Crippen LogP contribution in [0.3, 0.4) is 0 Å². The number of aryl methyl sites for hydroxylation is 1.